The first-order valence-electron chi connectivity index (χ1n) is 25.3. The highest BCUT2D eigenvalue weighted by molar-refractivity contribution is 5.98. The first-order chi connectivity index (χ1) is 34.9. The number of carbonyl (C=O) groups excluding carboxylic acids is 9. The number of hydrogen-bond acceptors (Lipinski definition) is 15. The third kappa shape index (κ3) is 30.5. The summed E-state index contributed by atoms with van der Waals surface area (Å²) in [5, 5.41) is 41.7. The van der Waals surface area contributed by atoms with Crippen LogP contribution in [-0.2, 0) is 43.2 Å². The maximum atomic E-state index is 14.2. The smallest absolute Gasteiger partial charge is 0.245 e. The lowest BCUT2D eigenvalue weighted by Crippen LogP contribution is -2.62. The number of guanidine groups is 2. The van der Waals surface area contributed by atoms with E-state index in [1.54, 1.807) is 6.92 Å². The monoisotopic (exact) mass is 1070 g/mol. The molecule has 75 heavy (non-hydrogen) atoms. The molecule has 0 heterocycles. The lowest BCUT2D eigenvalue weighted by Gasteiger charge is -2.29. The Hall–Kier alpha value is -6.43. The second kappa shape index (κ2) is 35.7. The minimum absolute atomic E-state index is 0.00634. The largest absolute Gasteiger partial charge is 0.391 e. The van der Waals surface area contributed by atoms with Gasteiger partial charge in [0.2, 0.25) is 53.2 Å². The summed E-state index contributed by atoms with van der Waals surface area (Å²) in [6.45, 7) is 8.31. The highest BCUT2D eigenvalue weighted by Crippen LogP contribution is 2.10. The van der Waals surface area contributed by atoms with Crippen LogP contribution < -0.4 is 82.7 Å². The van der Waals surface area contributed by atoms with Gasteiger partial charge in [0.25, 0.3) is 0 Å². The molecule has 0 unspecified atom stereocenters. The van der Waals surface area contributed by atoms with Crippen molar-refractivity contribution >= 4 is 65.1 Å². The molecule has 0 saturated heterocycles. The minimum atomic E-state index is -1.75. The van der Waals surface area contributed by atoms with Crippen LogP contribution in [0.4, 0.5) is 0 Å². The molecule has 430 valence electrons. The Morgan fingerprint density at radius 1 is 0.467 bits per heavy atom. The van der Waals surface area contributed by atoms with Crippen LogP contribution in [0.15, 0.2) is 9.98 Å². The zero-order valence-electron chi connectivity index (χ0n) is 45.1. The molecule has 0 spiro atoms. The van der Waals surface area contributed by atoms with Crippen LogP contribution in [0.1, 0.15) is 112 Å². The van der Waals surface area contributed by atoms with Crippen LogP contribution in [0.2, 0.25) is 0 Å². The van der Waals surface area contributed by atoms with E-state index in [-0.39, 0.29) is 56.7 Å². The fourth-order valence-electron chi connectivity index (χ4n) is 7.13. The van der Waals surface area contributed by atoms with E-state index in [1.165, 1.54) is 27.7 Å². The number of carbonyl (C=O) groups is 9. The average Bonchev–Trinajstić information content (AvgIpc) is 3.30. The third-order valence-corrected chi connectivity index (χ3v) is 11.4. The normalized spacial score (nSPS) is 15.7. The van der Waals surface area contributed by atoms with Crippen LogP contribution in [0.5, 0.6) is 0 Å². The molecule has 0 aromatic rings. The van der Waals surface area contributed by atoms with Gasteiger partial charge in [-0.15, -0.1) is 0 Å². The number of nitrogens with two attached hydrogens (primary N) is 7. The molecule has 0 saturated carbocycles. The number of hydrogen-bond donors (Lipinski definition) is 17. The minimum Gasteiger partial charge on any atom is -0.391 e. The molecule has 0 fully saturated rings. The summed E-state index contributed by atoms with van der Waals surface area (Å²) in [5.41, 5.74) is 38.4. The number of amides is 9. The van der Waals surface area contributed by atoms with Gasteiger partial charge >= 0.3 is 0 Å². The van der Waals surface area contributed by atoms with Gasteiger partial charge in [0, 0.05) is 25.6 Å². The predicted octanol–water partition coefficient (Wildman–Crippen LogP) is -6.61. The van der Waals surface area contributed by atoms with Crippen molar-refractivity contribution in [2.75, 3.05) is 47.3 Å². The molecule has 0 radical (unpaired) electrons. The molecule has 29 nitrogen and oxygen atoms in total. The second-order valence-corrected chi connectivity index (χ2v) is 19.8. The molecule has 0 aliphatic heterocycles. The van der Waals surface area contributed by atoms with Crippen molar-refractivity contribution in [2.45, 2.75) is 178 Å². The maximum absolute atomic E-state index is 14.2. The molecule has 29 heteroatoms. The summed E-state index contributed by atoms with van der Waals surface area (Å²) in [5.74, 6) is -8.12. The van der Waals surface area contributed by atoms with Crippen LogP contribution in [0.3, 0.4) is 0 Å². The quantitative estimate of drug-likeness (QED) is 0.0118. The van der Waals surface area contributed by atoms with Gasteiger partial charge in [0.15, 0.2) is 11.9 Å². The van der Waals surface area contributed by atoms with Gasteiger partial charge < -0.3 is 97.4 Å². The van der Waals surface area contributed by atoms with Crippen molar-refractivity contribution in [2.24, 2.45) is 50.1 Å². The highest BCUT2D eigenvalue weighted by atomic mass is 16.3. The first-order valence-corrected chi connectivity index (χ1v) is 25.3. The summed E-state index contributed by atoms with van der Waals surface area (Å²) >= 11 is 0. The number of nitrogens with one attached hydrogen (secondary N) is 8. The Morgan fingerprint density at radius 2 is 0.853 bits per heavy atom. The number of nitrogens with zero attached hydrogens (tertiary/aromatic N) is 3. The molecule has 24 N–H and O–H groups in total. The Morgan fingerprint density at radius 3 is 1.28 bits per heavy atom. The van der Waals surface area contributed by atoms with Crippen molar-refractivity contribution < 1.29 is 57.8 Å². The lowest BCUT2D eigenvalue weighted by atomic mass is 10.0. The van der Waals surface area contributed by atoms with Gasteiger partial charge in [0.05, 0.1) is 45.9 Å². The van der Waals surface area contributed by atoms with Gasteiger partial charge in [0.1, 0.15) is 42.3 Å². The summed E-state index contributed by atoms with van der Waals surface area (Å²) in [6.07, 6.45) is -0.338. The fraction of sp³-hybridized carbons (Fsp3) is 0.761. The summed E-state index contributed by atoms with van der Waals surface area (Å²) < 4.78 is 0.567. The summed E-state index contributed by atoms with van der Waals surface area (Å²) in [7, 11) is 5.86. The Bertz CT molecular complexity index is 1910. The Balaban J connectivity index is 6.59. The van der Waals surface area contributed by atoms with Gasteiger partial charge in [-0.3, -0.25) is 53.1 Å². The van der Waals surface area contributed by atoms with Gasteiger partial charge in [-0.2, -0.15) is 0 Å². The molecule has 11 atom stereocenters. The van der Waals surface area contributed by atoms with E-state index in [2.05, 4.69) is 52.5 Å². The number of primary amides is 1. The third-order valence-electron chi connectivity index (χ3n) is 11.4. The maximum Gasteiger partial charge on any atom is 0.245 e. The van der Waals surface area contributed by atoms with Crippen molar-refractivity contribution in [3.63, 3.8) is 0 Å². The van der Waals surface area contributed by atoms with Crippen LogP contribution in [0, 0.1) is 0 Å². The summed E-state index contributed by atoms with van der Waals surface area (Å²) in [4.78, 5) is 128. The Labute approximate surface area is 440 Å². The van der Waals surface area contributed by atoms with Crippen molar-refractivity contribution in [1.82, 2.24) is 42.5 Å². The standard InChI is InChI=1S/C46H90N18O11/c1-25(15-9-11-21-47)56-39(70)31(17-13-22-54-45(50)51)59-38(69)27(3)57-43(74)35(28(4)65)62-42(73)33(19-20-34(49)67)60-40(71)30(16-10-12-24-64(6,7)8)61-44(75)36(29(5)66)63-41(72)32(58-37(68)26(2)48)18-14-23-55-46(52)53/h25-33,35-36,65-66H,9-24,47-48H2,1-8H3,(H17-,49,50,51,52,53,54,55,56,57,58,59,60,61,62,63,67,68,69,70,71,72,73,74,75)/p+1/t25-,26+,27+,28-,29-,30+,31+,32+,33+,35+,36+/m1/s1. The van der Waals surface area contributed by atoms with Gasteiger partial charge in [-0.05, 0) is 105 Å². The van der Waals surface area contributed by atoms with E-state index in [9.17, 15) is 53.4 Å². The predicted molar refractivity (Wildman–Crippen MR) is 282 cm³/mol. The number of quaternary nitrogens is 1. The molecule has 9 amide bonds. The zero-order chi connectivity index (χ0) is 57.6. The molecular weight excluding hydrogens is 981 g/mol. The van der Waals surface area contributed by atoms with E-state index in [0.717, 1.165) is 12.8 Å². The molecule has 0 bridgehead atoms. The number of aliphatic hydroxyl groups is 2. The van der Waals surface area contributed by atoms with E-state index >= 15 is 0 Å². The van der Waals surface area contributed by atoms with Crippen molar-refractivity contribution in [3.05, 3.63) is 0 Å². The SMILES string of the molecule is C[C@H](CCCCN)NC(=O)[C@H](CCCN=C(N)N)NC(=O)[C@H](C)NC(=O)[C@@H](NC(=O)[C@H](CCC(N)=O)NC(=O)[C@H](CCCC[N+](C)(C)C)NC(=O)[C@@H](NC(=O)[C@H](CCCN=C(N)N)NC(=O)[C@H](C)N)[C@@H](C)O)[C@@H](C)O. The van der Waals surface area contributed by atoms with Gasteiger partial charge in [-0.1, -0.05) is 6.42 Å². The van der Waals surface area contributed by atoms with E-state index in [1.807, 2.05) is 21.1 Å². The van der Waals surface area contributed by atoms with E-state index in [4.69, 9.17) is 40.1 Å². The van der Waals surface area contributed by atoms with Crippen LogP contribution in [0.25, 0.3) is 0 Å². The summed E-state index contributed by atoms with van der Waals surface area (Å²) in [6, 6.07) is -11.4. The topological polar surface area (TPSA) is 497 Å². The highest BCUT2D eigenvalue weighted by Gasteiger charge is 2.36. The van der Waals surface area contributed by atoms with Crippen LogP contribution >= 0.6 is 0 Å². The lowest BCUT2D eigenvalue weighted by molar-refractivity contribution is -0.870. The fourth-order valence-corrected chi connectivity index (χ4v) is 7.13. The number of aliphatic hydroxyl groups excluding tert-OH is 2. The van der Waals surface area contributed by atoms with E-state index in [0.29, 0.717) is 43.3 Å². The molecule has 0 aliphatic carbocycles. The number of unbranched alkanes of at least 4 members (excludes halogenated alkanes) is 2. The average molecular weight is 1070 g/mol. The molecule has 0 aromatic heterocycles. The molecule has 0 aromatic carbocycles. The van der Waals surface area contributed by atoms with Crippen molar-refractivity contribution in [1.29, 1.82) is 0 Å². The Kier molecular flexibility index (Phi) is 32.6. The molecule has 0 aliphatic rings. The van der Waals surface area contributed by atoms with Crippen molar-refractivity contribution in [3.8, 4) is 0 Å². The van der Waals surface area contributed by atoms with E-state index < -0.39 is 127 Å². The number of aliphatic imine (C=N–C) groups is 2. The number of rotatable bonds is 38. The van der Waals surface area contributed by atoms with Crippen LogP contribution in [-0.4, -0.2) is 194 Å². The molecule has 0 rings (SSSR count). The zero-order valence-corrected chi connectivity index (χ0v) is 45.1. The molecular formula is C46H91N18O11+. The van der Waals surface area contributed by atoms with Gasteiger partial charge in [-0.25, -0.2) is 0 Å². The second-order valence-electron chi connectivity index (χ2n) is 19.8. The first kappa shape index (κ1) is 68.6.